The lowest BCUT2D eigenvalue weighted by Crippen LogP contribution is -2.04. The van der Waals surface area contributed by atoms with Crippen LogP contribution in [0.1, 0.15) is 12.7 Å². The Kier molecular flexibility index (Phi) is 3.64. The van der Waals surface area contributed by atoms with Crippen molar-refractivity contribution in [1.82, 2.24) is 15.0 Å². The predicted molar refractivity (Wildman–Crippen MR) is 86.0 cm³/mol. The highest BCUT2D eigenvalue weighted by Crippen LogP contribution is 2.25. The fraction of sp³-hybridized carbons (Fsp3) is 0.188. The molecule has 0 saturated heterocycles. The SMILES string of the molecule is CCNc1cc(Nc2cccc3cnccc23)nc(C)n1. The highest BCUT2D eigenvalue weighted by molar-refractivity contribution is 5.94. The van der Waals surface area contributed by atoms with Gasteiger partial charge in [-0.15, -0.1) is 0 Å². The molecular weight excluding hydrogens is 262 g/mol. The minimum atomic E-state index is 0.734. The summed E-state index contributed by atoms with van der Waals surface area (Å²) in [6.45, 7) is 4.76. The van der Waals surface area contributed by atoms with Crippen molar-refractivity contribution in [3.8, 4) is 0 Å². The summed E-state index contributed by atoms with van der Waals surface area (Å²) in [6, 6.07) is 9.99. The maximum atomic E-state index is 4.44. The largest absolute Gasteiger partial charge is 0.370 e. The van der Waals surface area contributed by atoms with Gasteiger partial charge < -0.3 is 10.6 Å². The third-order valence-corrected chi connectivity index (χ3v) is 3.14. The molecule has 106 valence electrons. The Morgan fingerprint density at radius 1 is 1.10 bits per heavy atom. The normalized spacial score (nSPS) is 10.6. The number of hydrogen-bond acceptors (Lipinski definition) is 5. The van der Waals surface area contributed by atoms with E-state index in [0.29, 0.717) is 0 Å². The molecule has 2 aromatic heterocycles. The topological polar surface area (TPSA) is 62.7 Å². The van der Waals surface area contributed by atoms with Crippen molar-refractivity contribution in [2.45, 2.75) is 13.8 Å². The van der Waals surface area contributed by atoms with E-state index in [-0.39, 0.29) is 0 Å². The molecule has 2 heterocycles. The van der Waals surface area contributed by atoms with Crippen molar-refractivity contribution in [3.05, 3.63) is 48.5 Å². The molecule has 2 N–H and O–H groups in total. The number of hydrogen-bond donors (Lipinski definition) is 2. The Bertz CT molecular complexity index is 764. The molecule has 0 atom stereocenters. The summed E-state index contributed by atoms with van der Waals surface area (Å²) in [5.74, 6) is 2.34. The van der Waals surface area contributed by atoms with Gasteiger partial charge in [0.2, 0.25) is 0 Å². The molecule has 0 unspecified atom stereocenters. The maximum absolute atomic E-state index is 4.44. The molecule has 0 fully saturated rings. The van der Waals surface area contributed by atoms with Gasteiger partial charge in [-0.25, -0.2) is 9.97 Å². The number of pyridine rings is 1. The van der Waals surface area contributed by atoms with Crippen LogP contribution in [0.25, 0.3) is 10.8 Å². The number of anilines is 3. The smallest absolute Gasteiger partial charge is 0.136 e. The Labute approximate surface area is 123 Å². The van der Waals surface area contributed by atoms with Gasteiger partial charge in [-0.05, 0) is 26.0 Å². The van der Waals surface area contributed by atoms with Gasteiger partial charge in [-0.2, -0.15) is 0 Å². The molecule has 3 aromatic rings. The highest BCUT2D eigenvalue weighted by atomic mass is 15.1. The van der Waals surface area contributed by atoms with Gasteiger partial charge in [-0.1, -0.05) is 12.1 Å². The van der Waals surface area contributed by atoms with Gasteiger partial charge in [0.15, 0.2) is 0 Å². The summed E-state index contributed by atoms with van der Waals surface area (Å²) >= 11 is 0. The van der Waals surface area contributed by atoms with Gasteiger partial charge in [-0.3, -0.25) is 4.98 Å². The molecular formula is C16H17N5. The summed E-state index contributed by atoms with van der Waals surface area (Å²) < 4.78 is 0. The number of fused-ring (bicyclic) bond motifs is 1. The fourth-order valence-corrected chi connectivity index (χ4v) is 2.27. The summed E-state index contributed by atoms with van der Waals surface area (Å²) in [7, 11) is 0. The number of nitrogens with one attached hydrogen (secondary N) is 2. The summed E-state index contributed by atoms with van der Waals surface area (Å²) in [6.07, 6.45) is 3.65. The Morgan fingerprint density at radius 3 is 2.81 bits per heavy atom. The van der Waals surface area contributed by atoms with E-state index in [9.17, 15) is 0 Å². The van der Waals surface area contributed by atoms with Crippen LogP contribution < -0.4 is 10.6 Å². The van der Waals surface area contributed by atoms with E-state index in [4.69, 9.17) is 0 Å². The minimum Gasteiger partial charge on any atom is -0.370 e. The van der Waals surface area contributed by atoms with E-state index in [1.54, 1.807) is 6.20 Å². The van der Waals surface area contributed by atoms with E-state index < -0.39 is 0 Å². The molecule has 0 radical (unpaired) electrons. The Morgan fingerprint density at radius 2 is 1.95 bits per heavy atom. The number of nitrogens with zero attached hydrogens (tertiary/aromatic N) is 3. The van der Waals surface area contributed by atoms with E-state index in [1.165, 1.54) is 0 Å². The van der Waals surface area contributed by atoms with Crippen LogP contribution in [0, 0.1) is 6.92 Å². The van der Waals surface area contributed by atoms with Crippen LogP contribution in [0.5, 0.6) is 0 Å². The summed E-state index contributed by atoms with van der Waals surface area (Å²) in [5.41, 5.74) is 1.01. The van der Waals surface area contributed by atoms with E-state index >= 15 is 0 Å². The van der Waals surface area contributed by atoms with Crippen LogP contribution in [-0.4, -0.2) is 21.5 Å². The number of rotatable bonds is 4. The second-order valence-corrected chi connectivity index (χ2v) is 4.74. The average molecular weight is 279 g/mol. The van der Waals surface area contributed by atoms with Gasteiger partial charge in [0, 0.05) is 41.5 Å². The van der Waals surface area contributed by atoms with Crippen molar-refractivity contribution in [1.29, 1.82) is 0 Å². The van der Waals surface area contributed by atoms with E-state index in [2.05, 4.69) is 25.6 Å². The third-order valence-electron chi connectivity index (χ3n) is 3.14. The summed E-state index contributed by atoms with van der Waals surface area (Å²) in [4.78, 5) is 12.9. The van der Waals surface area contributed by atoms with Crippen molar-refractivity contribution in [2.75, 3.05) is 17.2 Å². The fourth-order valence-electron chi connectivity index (χ4n) is 2.27. The molecule has 1 aromatic carbocycles. The van der Waals surface area contributed by atoms with Crippen molar-refractivity contribution >= 4 is 28.1 Å². The molecule has 0 amide bonds. The molecule has 21 heavy (non-hydrogen) atoms. The van der Waals surface area contributed by atoms with Crippen LogP contribution in [0.4, 0.5) is 17.3 Å². The zero-order valence-electron chi connectivity index (χ0n) is 12.1. The van der Waals surface area contributed by atoms with E-state index in [1.807, 2.05) is 50.4 Å². The molecule has 3 rings (SSSR count). The molecule has 5 heteroatoms. The van der Waals surface area contributed by atoms with E-state index in [0.717, 1.165) is 40.5 Å². The first-order valence-electron chi connectivity index (χ1n) is 6.95. The van der Waals surface area contributed by atoms with Crippen LogP contribution in [0.3, 0.4) is 0 Å². The van der Waals surface area contributed by atoms with Crippen molar-refractivity contribution in [2.24, 2.45) is 0 Å². The first-order valence-corrected chi connectivity index (χ1v) is 6.95. The summed E-state index contributed by atoms with van der Waals surface area (Å²) in [5, 5.41) is 8.79. The Balaban J connectivity index is 1.98. The first kappa shape index (κ1) is 13.3. The quantitative estimate of drug-likeness (QED) is 0.765. The molecule has 0 bridgehead atoms. The van der Waals surface area contributed by atoms with Crippen LogP contribution in [-0.2, 0) is 0 Å². The Hall–Kier alpha value is -2.69. The molecule has 0 spiro atoms. The maximum Gasteiger partial charge on any atom is 0.136 e. The molecule has 0 aliphatic rings. The van der Waals surface area contributed by atoms with Gasteiger partial charge >= 0.3 is 0 Å². The van der Waals surface area contributed by atoms with Crippen LogP contribution >= 0.6 is 0 Å². The highest BCUT2D eigenvalue weighted by Gasteiger charge is 2.04. The monoisotopic (exact) mass is 279 g/mol. The zero-order valence-corrected chi connectivity index (χ0v) is 12.1. The minimum absolute atomic E-state index is 0.734. The molecule has 0 aliphatic carbocycles. The first-order chi connectivity index (χ1) is 10.3. The van der Waals surface area contributed by atoms with Crippen LogP contribution in [0.2, 0.25) is 0 Å². The molecule has 0 saturated carbocycles. The van der Waals surface area contributed by atoms with Crippen molar-refractivity contribution in [3.63, 3.8) is 0 Å². The zero-order chi connectivity index (χ0) is 14.7. The predicted octanol–water partition coefficient (Wildman–Crippen LogP) is 3.51. The standard InChI is InChI=1S/C16H17N5/c1-3-18-15-9-16(20-11(2)19-15)21-14-6-4-5-12-10-17-8-7-13(12)14/h4-10H,3H2,1-2H3,(H2,18,19,20,21). The number of benzene rings is 1. The lowest BCUT2D eigenvalue weighted by Gasteiger charge is -2.11. The lowest BCUT2D eigenvalue weighted by atomic mass is 10.1. The molecule has 0 aliphatic heterocycles. The van der Waals surface area contributed by atoms with Crippen molar-refractivity contribution < 1.29 is 0 Å². The van der Waals surface area contributed by atoms with Gasteiger partial charge in [0.05, 0.1) is 0 Å². The number of aryl methyl sites for hydroxylation is 1. The second kappa shape index (κ2) is 5.75. The molecule has 5 nitrogen and oxygen atoms in total. The van der Waals surface area contributed by atoms with Crippen LogP contribution in [0.15, 0.2) is 42.7 Å². The average Bonchev–Trinajstić information content (AvgIpc) is 2.47. The van der Waals surface area contributed by atoms with Gasteiger partial charge in [0.25, 0.3) is 0 Å². The second-order valence-electron chi connectivity index (χ2n) is 4.74. The van der Waals surface area contributed by atoms with Gasteiger partial charge in [0.1, 0.15) is 17.5 Å². The third kappa shape index (κ3) is 2.91. The lowest BCUT2D eigenvalue weighted by molar-refractivity contribution is 1.04. The number of aromatic nitrogens is 3.